The van der Waals surface area contributed by atoms with Crippen molar-refractivity contribution in [3.63, 3.8) is 0 Å². The lowest BCUT2D eigenvalue weighted by Gasteiger charge is -2.03. The molecule has 0 radical (unpaired) electrons. The number of rotatable bonds is 1. The fourth-order valence-electron chi connectivity index (χ4n) is 0.768. The van der Waals surface area contributed by atoms with Gasteiger partial charge in [-0.25, -0.2) is 13.8 Å². The van der Waals surface area contributed by atoms with Gasteiger partial charge >= 0.3 is 0 Å². The minimum Gasteiger partial charge on any atom is -0.503 e. The second kappa shape index (κ2) is 3.23. The van der Waals surface area contributed by atoms with Gasteiger partial charge in [-0.2, -0.15) is 5.26 Å². The molecular weight excluding hydrogens is 180 g/mol. The number of aromatic hydroxyl groups is 1. The third-order valence-corrected chi connectivity index (χ3v) is 1.37. The molecule has 13 heavy (non-hydrogen) atoms. The van der Waals surface area contributed by atoms with Crippen LogP contribution in [0.2, 0.25) is 0 Å². The van der Waals surface area contributed by atoms with Gasteiger partial charge in [0.15, 0.2) is 11.4 Å². The second-order valence-corrected chi connectivity index (χ2v) is 2.25. The van der Waals surface area contributed by atoms with Crippen molar-refractivity contribution in [3.05, 3.63) is 17.5 Å². The highest BCUT2D eigenvalue weighted by Crippen LogP contribution is 2.27. The van der Waals surface area contributed by atoms with Crippen molar-refractivity contribution in [2.24, 2.45) is 0 Å². The molecule has 0 unspecified atom stereocenters. The van der Waals surface area contributed by atoms with Crippen molar-refractivity contribution in [3.8, 4) is 11.8 Å². The first kappa shape index (κ1) is 9.19. The summed E-state index contributed by atoms with van der Waals surface area (Å²) in [6.45, 7) is 0. The number of halogens is 2. The Morgan fingerprint density at radius 3 is 2.69 bits per heavy atom. The Labute approximate surface area is 72.2 Å². The summed E-state index contributed by atoms with van der Waals surface area (Å²) in [5, 5.41) is 17.4. The highest BCUT2D eigenvalue weighted by atomic mass is 19.3. The zero-order valence-electron chi connectivity index (χ0n) is 6.33. The van der Waals surface area contributed by atoms with Crippen LogP contribution in [0, 0.1) is 11.3 Å². The molecule has 0 fully saturated rings. The summed E-state index contributed by atoms with van der Waals surface area (Å²) in [5.74, 6) is -0.563. The zero-order chi connectivity index (χ0) is 10.0. The molecule has 0 aliphatic carbocycles. The minimum absolute atomic E-state index is 0.276. The van der Waals surface area contributed by atoms with Gasteiger partial charge < -0.3 is 10.8 Å². The predicted octanol–water partition coefficient (Wildman–Crippen LogP) is 1.18. The van der Waals surface area contributed by atoms with Crippen molar-refractivity contribution in [1.82, 2.24) is 4.98 Å². The van der Waals surface area contributed by atoms with Crippen LogP contribution in [-0.4, -0.2) is 10.1 Å². The van der Waals surface area contributed by atoms with E-state index in [9.17, 15) is 8.78 Å². The van der Waals surface area contributed by atoms with Crippen LogP contribution in [0.25, 0.3) is 0 Å². The Balaban J connectivity index is 3.32. The summed E-state index contributed by atoms with van der Waals surface area (Å²) in [6.07, 6.45) is -2.81. The predicted molar refractivity (Wildman–Crippen MR) is 40.0 cm³/mol. The molecule has 1 rings (SSSR count). The Bertz CT molecular complexity index is 373. The van der Waals surface area contributed by atoms with E-state index in [-0.39, 0.29) is 5.69 Å². The highest BCUT2D eigenvalue weighted by Gasteiger charge is 2.15. The standard InChI is InChI=1S/C7H5F2N3O/c8-7(9)4-1-3(11)6(13)5(2-10)12-4/h1,7,13H,(H2,11,12). The number of nitrogens with two attached hydrogens (primary N) is 1. The fourth-order valence-corrected chi connectivity index (χ4v) is 0.768. The van der Waals surface area contributed by atoms with Gasteiger partial charge in [0.05, 0.1) is 5.69 Å². The molecule has 0 spiro atoms. The third-order valence-electron chi connectivity index (χ3n) is 1.37. The molecule has 0 amide bonds. The van der Waals surface area contributed by atoms with Crippen molar-refractivity contribution in [1.29, 1.82) is 5.26 Å². The molecule has 0 aliphatic heterocycles. The monoisotopic (exact) mass is 185 g/mol. The van der Waals surface area contributed by atoms with Crippen molar-refractivity contribution in [2.75, 3.05) is 5.73 Å². The summed E-state index contributed by atoms with van der Waals surface area (Å²) in [5.41, 5.74) is 3.78. The number of hydrogen-bond acceptors (Lipinski definition) is 4. The molecule has 1 aromatic heterocycles. The Morgan fingerprint density at radius 2 is 2.23 bits per heavy atom. The SMILES string of the molecule is N#Cc1nc(C(F)F)cc(N)c1O. The maximum absolute atomic E-state index is 12.1. The minimum atomic E-state index is -2.81. The Morgan fingerprint density at radius 1 is 1.62 bits per heavy atom. The first-order chi connectivity index (χ1) is 6.06. The van der Waals surface area contributed by atoms with Crippen LogP contribution in [0.5, 0.6) is 5.75 Å². The molecule has 4 nitrogen and oxygen atoms in total. The summed E-state index contributed by atoms with van der Waals surface area (Å²) >= 11 is 0. The quantitative estimate of drug-likeness (QED) is 0.688. The zero-order valence-corrected chi connectivity index (χ0v) is 6.33. The van der Waals surface area contributed by atoms with E-state index in [1.165, 1.54) is 6.07 Å². The van der Waals surface area contributed by atoms with Crippen LogP contribution in [0.4, 0.5) is 14.5 Å². The van der Waals surface area contributed by atoms with Crippen LogP contribution >= 0.6 is 0 Å². The van der Waals surface area contributed by atoms with Crippen LogP contribution in [-0.2, 0) is 0 Å². The third kappa shape index (κ3) is 1.64. The molecule has 1 heterocycles. The van der Waals surface area contributed by atoms with E-state index in [0.29, 0.717) is 0 Å². The lowest BCUT2D eigenvalue weighted by atomic mass is 10.2. The van der Waals surface area contributed by atoms with Gasteiger partial charge in [-0.3, -0.25) is 0 Å². The number of nitrogens with zero attached hydrogens (tertiary/aromatic N) is 2. The molecule has 0 saturated heterocycles. The molecule has 0 saturated carbocycles. The van der Waals surface area contributed by atoms with Gasteiger partial charge in [-0.1, -0.05) is 0 Å². The van der Waals surface area contributed by atoms with Gasteiger partial charge in [-0.15, -0.1) is 0 Å². The second-order valence-electron chi connectivity index (χ2n) is 2.25. The lowest BCUT2D eigenvalue weighted by molar-refractivity contribution is 0.146. The summed E-state index contributed by atoms with van der Waals surface area (Å²) in [7, 11) is 0. The van der Waals surface area contributed by atoms with Gasteiger partial charge in [-0.05, 0) is 6.07 Å². The van der Waals surface area contributed by atoms with Crippen molar-refractivity contribution < 1.29 is 13.9 Å². The molecule has 0 aromatic carbocycles. The normalized spacial score (nSPS) is 10.0. The van der Waals surface area contributed by atoms with E-state index >= 15 is 0 Å². The average Bonchev–Trinajstić information content (AvgIpc) is 2.09. The number of alkyl halides is 2. The number of anilines is 1. The van der Waals surface area contributed by atoms with E-state index in [1.807, 2.05) is 0 Å². The van der Waals surface area contributed by atoms with E-state index < -0.39 is 23.6 Å². The number of nitrogen functional groups attached to an aromatic ring is 1. The maximum atomic E-state index is 12.1. The first-order valence-electron chi connectivity index (χ1n) is 3.24. The molecule has 0 atom stereocenters. The van der Waals surface area contributed by atoms with Crippen molar-refractivity contribution >= 4 is 5.69 Å². The highest BCUT2D eigenvalue weighted by molar-refractivity contribution is 5.58. The Kier molecular flexibility index (Phi) is 2.28. The molecule has 6 heteroatoms. The number of hydrogen-bond donors (Lipinski definition) is 2. The van der Waals surface area contributed by atoms with Crippen LogP contribution < -0.4 is 5.73 Å². The molecule has 0 bridgehead atoms. The average molecular weight is 185 g/mol. The fraction of sp³-hybridized carbons (Fsp3) is 0.143. The topological polar surface area (TPSA) is 82.9 Å². The number of pyridine rings is 1. The summed E-state index contributed by atoms with van der Waals surface area (Å²) in [6, 6.07) is 2.29. The molecular formula is C7H5F2N3O. The smallest absolute Gasteiger partial charge is 0.280 e. The van der Waals surface area contributed by atoms with Crippen LogP contribution in [0.3, 0.4) is 0 Å². The Hall–Kier alpha value is -1.90. The van der Waals surface area contributed by atoms with Crippen LogP contribution in [0.15, 0.2) is 6.07 Å². The number of nitriles is 1. The number of aromatic nitrogens is 1. The molecule has 3 N–H and O–H groups in total. The maximum Gasteiger partial charge on any atom is 0.280 e. The first-order valence-corrected chi connectivity index (χ1v) is 3.24. The van der Waals surface area contributed by atoms with Crippen molar-refractivity contribution in [2.45, 2.75) is 6.43 Å². The van der Waals surface area contributed by atoms with Gasteiger partial charge in [0.2, 0.25) is 0 Å². The largest absolute Gasteiger partial charge is 0.503 e. The molecule has 0 aliphatic rings. The summed E-state index contributed by atoms with van der Waals surface area (Å²) < 4.78 is 24.2. The van der Waals surface area contributed by atoms with E-state index in [0.717, 1.165) is 6.07 Å². The lowest BCUT2D eigenvalue weighted by Crippen LogP contribution is -1.98. The van der Waals surface area contributed by atoms with E-state index in [1.54, 1.807) is 0 Å². The van der Waals surface area contributed by atoms with Crippen LogP contribution in [0.1, 0.15) is 17.8 Å². The van der Waals surface area contributed by atoms with E-state index in [2.05, 4.69) is 4.98 Å². The molecule has 1 aromatic rings. The van der Waals surface area contributed by atoms with Gasteiger partial charge in [0.25, 0.3) is 6.43 Å². The summed E-state index contributed by atoms with van der Waals surface area (Å²) in [4.78, 5) is 3.21. The van der Waals surface area contributed by atoms with Gasteiger partial charge in [0.1, 0.15) is 11.8 Å². The van der Waals surface area contributed by atoms with Gasteiger partial charge in [0, 0.05) is 0 Å². The van der Waals surface area contributed by atoms with E-state index in [4.69, 9.17) is 16.1 Å². The molecule has 68 valence electrons.